The van der Waals surface area contributed by atoms with E-state index in [1.54, 1.807) is 45.8 Å². The van der Waals surface area contributed by atoms with Gasteiger partial charge >= 0.3 is 0 Å². The lowest BCUT2D eigenvalue weighted by molar-refractivity contribution is 0.0786. The van der Waals surface area contributed by atoms with Gasteiger partial charge in [-0.15, -0.1) is 0 Å². The molecule has 3 heterocycles. The highest BCUT2D eigenvalue weighted by Crippen LogP contribution is 2.13. The number of hydrogen-bond donors (Lipinski definition) is 0. The number of nitrogens with zero attached hydrogens (tertiary/aromatic N) is 6. The monoisotopic (exact) mass is 284 g/mol. The second-order valence-corrected chi connectivity index (χ2v) is 5.02. The molecule has 1 amide bonds. The highest BCUT2D eigenvalue weighted by atomic mass is 16.2. The molecule has 0 saturated carbocycles. The van der Waals surface area contributed by atoms with Crippen LogP contribution in [0.25, 0.3) is 5.65 Å². The number of aryl methyl sites for hydroxylation is 2. The molecule has 0 atom stereocenters. The summed E-state index contributed by atoms with van der Waals surface area (Å²) in [5, 5.41) is 8.43. The van der Waals surface area contributed by atoms with Gasteiger partial charge in [0.2, 0.25) is 0 Å². The summed E-state index contributed by atoms with van der Waals surface area (Å²) in [6.45, 7) is 2.44. The Balaban J connectivity index is 1.86. The second kappa shape index (κ2) is 5.01. The van der Waals surface area contributed by atoms with Crippen LogP contribution < -0.4 is 0 Å². The van der Waals surface area contributed by atoms with Crippen molar-refractivity contribution in [3.63, 3.8) is 0 Å². The largest absolute Gasteiger partial charge is 0.337 e. The maximum atomic E-state index is 12.5. The van der Waals surface area contributed by atoms with Crippen molar-refractivity contribution < 1.29 is 4.79 Å². The molecule has 0 N–H and O–H groups in total. The molecule has 0 aliphatic carbocycles. The molecule has 3 rings (SSSR count). The van der Waals surface area contributed by atoms with E-state index in [-0.39, 0.29) is 5.91 Å². The van der Waals surface area contributed by atoms with Crippen LogP contribution in [0.2, 0.25) is 0 Å². The summed E-state index contributed by atoms with van der Waals surface area (Å²) in [5.41, 5.74) is 3.02. The molecule has 7 nitrogen and oxygen atoms in total. The Hall–Kier alpha value is -2.70. The first-order chi connectivity index (χ1) is 10.1. The first kappa shape index (κ1) is 13.3. The van der Waals surface area contributed by atoms with Gasteiger partial charge in [0.05, 0.1) is 11.9 Å². The van der Waals surface area contributed by atoms with Crippen LogP contribution in [0.15, 0.2) is 30.9 Å². The summed E-state index contributed by atoms with van der Waals surface area (Å²) in [6, 6.07) is 1.77. The summed E-state index contributed by atoms with van der Waals surface area (Å²) in [4.78, 5) is 18.4. The Morgan fingerprint density at radius 3 is 2.95 bits per heavy atom. The zero-order valence-electron chi connectivity index (χ0n) is 12.2. The molecule has 7 heteroatoms. The predicted molar refractivity (Wildman–Crippen MR) is 76.7 cm³/mol. The molecule has 3 aromatic rings. The van der Waals surface area contributed by atoms with Crippen molar-refractivity contribution in [3.8, 4) is 0 Å². The molecule has 0 bridgehead atoms. The van der Waals surface area contributed by atoms with E-state index in [9.17, 15) is 4.79 Å². The van der Waals surface area contributed by atoms with Crippen LogP contribution in [0.1, 0.15) is 21.6 Å². The van der Waals surface area contributed by atoms with Gasteiger partial charge in [0, 0.05) is 44.8 Å². The van der Waals surface area contributed by atoms with E-state index in [1.807, 2.05) is 20.2 Å². The lowest BCUT2D eigenvalue weighted by atomic mass is 10.2. The van der Waals surface area contributed by atoms with E-state index in [4.69, 9.17) is 0 Å². The summed E-state index contributed by atoms with van der Waals surface area (Å²) in [7, 11) is 3.63. The zero-order valence-corrected chi connectivity index (χ0v) is 12.2. The van der Waals surface area contributed by atoms with Crippen LogP contribution >= 0.6 is 0 Å². The molecule has 21 heavy (non-hydrogen) atoms. The van der Waals surface area contributed by atoms with Gasteiger partial charge in [-0.3, -0.25) is 9.48 Å². The minimum absolute atomic E-state index is 0.105. The third-order valence-electron chi connectivity index (χ3n) is 3.38. The second-order valence-electron chi connectivity index (χ2n) is 5.02. The quantitative estimate of drug-likeness (QED) is 0.720. The van der Waals surface area contributed by atoms with E-state index in [2.05, 4.69) is 15.2 Å². The van der Waals surface area contributed by atoms with Crippen molar-refractivity contribution in [2.75, 3.05) is 7.05 Å². The molecule has 0 saturated heterocycles. The predicted octanol–water partition coefficient (Wildman–Crippen LogP) is 1.04. The summed E-state index contributed by atoms with van der Waals surface area (Å²) >= 11 is 0. The number of fused-ring (bicyclic) bond motifs is 1. The van der Waals surface area contributed by atoms with Crippen molar-refractivity contribution >= 4 is 11.6 Å². The lowest BCUT2D eigenvalue weighted by Crippen LogP contribution is -2.26. The van der Waals surface area contributed by atoms with Gasteiger partial charge in [0.1, 0.15) is 5.56 Å². The van der Waals surface area contributed by atoms with E-state index in [0.717, 1.165) is 11.3 Å². The van der Waals surface area contributed by atoms with Crippen LogP contribution in [0.3, 0.4) is 0 Å². The smallest absolute Gasteiger partial charge is 0.259 e. The average Bonchev–Trinajstić information content (AvgIpc) is 3.01. The summed E-state index contributed by atoms with van der Waals surface area (Å²) in [6.07, 6.45) is 6.90. The van der Waals surface area contributed by atoms with Gasteiger partial charge in [-0.05, 0) is 13.0 Å². The number of rotatable bonds is 3. The fourth-order valence-electron chi connectivity index (χ4n) is 2.31. The Bertz CT molecular complexity index is 803. The summed E-state index contributed by atoms with van der Waals surface area (Å²) in [5.74, 6) is -0.105. The van der Waals surface area contributed by atoms with Gasteiger partial charge in [-0.2, -0.15) is 10.2 Å². The SMILES string of the molecule is Cc1nn(C)cc1CN(C)C(=O)c1cnn2cccnc12. The van der Waals surface area contributed by atoms with Crippen molar-refractivity contribution in [2.45, 2.75) is 13.5 Å². The highest BCUT2D eigenvalue weighted by Gasteiger charge is 2.19. The average molecular weight is 284 g/mol. The summed E-state index contributed by atoms with van der Waals surface area (Å²) < 4.78 is 3.34. The van der Waals surface area contributed by atoms with E-state index < -0.39 is 0 Å². The maximum Gasteiger partial charge on any atom is 0.259 e. The molecule has 108 valence electrons. The zero-order chi connectivity index (χ0) is 15.0. The fraction of sp³-hybridized carbons (Fsp3) is 0.286. The maximum absolute atomic E-state index is 12.5. The van der Waals surface area contributed by atoms with Gasteiger partial charge in [0.25, 0.3) is 5.91 Å². The van der Waals surface area contributed by atoms with Gasteiger partial charge in [0.15, 0.2) is 5.65 Å². The molecule has 0 aliphatic rings. The van der Waals surface area contributed by atoms with E-state index >= 15 is 0 Å². The molecule has 0 unspecified atom stereocenters. The van der Waals surface area contributed by atoms with E-state index in [1.165, 1.54) is 0 Å². The highest BCUT2D eigenvalue weighted by molar-refractivity contribution is 5.99. The van der Waals surface area contributed by atoms with Crippen molar-refractivity contribution in [1.29, 1.82) is 0 Å². The Morgan fingerprint density at radius 1 is 1.43 bits per heavy atom. The third kappa shape index (κ3) is 2.37. The molecule has 0 aliphatic heterocycles. The molecular formula is C14H16N6O. The van der Waals surface area contributed by atoms with Gasteiger partial charge in [-0.25, -0.2) is 9.50 Å². The normalized spacial score (nSPS) is 11.0. The van der Waals surface area contributed by atoms with Crippen molar-refractivity contribution in [1.82, 2.24) is 29.3 Å². The number of hydrogen-bond acceptors (Lipinski definition) is 4. The van der Waals surface area contributed by atoms with Crippen LogP contribution in [0.5, 0.6) is 0 Å². The van der Waals surface area contributed by atoms with Gasteiger partial charge in [-0.1, -0.05) is 0 Å². The van der Waals surface area contributed by atoms with Crippen LogP contribution in [0.4, 0.5) is 0 Å². The van der Waals surface area contributed by atoms with Crippen LogP contribution in [-0.4, -0.2) is 42.2 Å². The molecule has 0 aromatic carbocycles. The van der Waals surface area contributed by atoms with Crippen LogP contribution in [-0.2, 0) is 13.6 Å². The minimum Gasteiger partial charge on any atom is -0.337 e. The molecule has 0 fully saturated rings. The molecule has 3 aromatic heterocycles. The lowest BCUT2D eigenvalue weighted by Gasteiger charge is -2.15. The van der Waals surface area contributed by atoms with Crippen molar-refractivity contribution in [3.05, 3.63) is 47.7 Å². The minimum atomic E-state index is -0.105. The third-order valence-corrected chi connectivity index (χ3v) is 3.38. The number of carbonyl (C=O) groups is 1. The Morgan fingerprint density at radius 2 is 2.24 bits per heavy atom. The number of amides is 1. The number of aromatic nitrogens is 5. The van der Waals surface area contributed by atoms with E-state index in [0.29, 0.717) is 17.8 Å². The standard InChI is InChI=1S/C14H16N6O/c1-10-11(9-19(3)17-10)8-18(2)14(21)12-7-16-20-6-4-5-15-13(12)20/h4-7,9H,8H2,1-3H3. The Labute approximate surface area is 121 Å². The van der Waals surface area contributed by atoms with Gasteiger partial charge < -0.3 is 4.90 Å². The van der Waals surface area contributed by atoms with Crippen LogP contribution in [0, 0.1) is 6.92 Å². The number of carbonyl (C=O) groups excluding carboxylic acids is 1. The molecular weight excluding hydrogens is 268 g/mol. The topological polar surface area (TPSA) is 68.3 Å². The fourth-order valence-corrected chi connectivity index (χ4v) is 2.31. The first-order valence-electron chi connectivity index (χ1n) is 6.59. The molecule has 0 spiro atoms. The Kier molecular flexibility index (Phi) is 3.17. The molecule has 0 radical (unpaired) electrons. The van der Waals surface area contributed by atoms with Crippen molar-refractivity contribution in [2.24, 2.45) is 7.05 Å². The first-order valence-corrected chi connectivity index (χ1v) is 6.59.